The lowest BCUT2D eigenvalue weighted by Gasteiger charge is -2.24. The van der Waals surface area contributed by atoms with Gasteiger partial charge in [-0.15, -0.1) is 0 Å². The molecule has 1 aliphatic rings. The van der Waals surface area contributed by atoms with Gasteiger partial charge < -0.3 is 5.73 Å². The van der Waals surface area contributed by atoms with Crippen molar-refractivity contribution in [1.82, 2.24) is 0 Å². The lowest BCUT2D eigenvalue weighted by molar-refractivity contribution is 0.444. The highest BCUT2D eigenvalue weighted by Crippen LogP contribution is 2.23. The molecule has 0 saturated carbocycles. The smallest absolute Gasteiger partial charge is 0.0279 e. The highest BCUT2D eigenvalue weighted by molar-refractivity contribution is 5.12. The molecule has 0 bridgehead atoms. The van der Waals surface area contributed by atoms with E-state index in [9.17, 15) is 0 Å². The Morgan fingerprint density at radius 2 is 2.00 bits per heavy atom. The molecule has 0 aromatic carbocycles. The molecule has 2 atom stereocenters. The Bertz CT molecular complexity index is 196. The fraction of sp³-hybridized carbons (Fsp3) is 0.857. The molecule has 1 heteroatoms. The van der Waals surface area contributed by atoms with Gasteiger partial charge in [0, 0.05) is 6.04 Å². The highest BCUT2D eigenvalue weighted by atomic mass is 14.6. The summed E-state index contributed by atoms with van der Waals surface area (Å²) in [4.78, 5) is 0. The molecular weight excluding hydrogens is 182 g/mol. The number of rotatable bonds is 4. The Kier molecular flexibility index (Phi) is 6.00. The fourth-order valence-corrected chi connectivity index (χ4v) is 2.52. The summed E-state index contributed by atoms with van der Waals surface area (Å²) in [6.45, 7) is 4.55. The first-order valence-corrected chi connectivity index (χ1v) is 6.70. The van der Waals surface area contributed by atoms with Crippen molar-refractivity contribution in [2.45, 2.75) is 71.3 Å². The van der Waals surface area contributed by atoms with Crippen LogP contribution in [0.4, 0.5) is 0 Å². The van der Waals surface area contributed by atoms with E-state index >= 15 is 0 Å². The minimum absolute atomic E-state index is 0.322. The fourth-order valence-electron chi connectivity index (χ4n) is 2.52. The summed E-state index contributed by atoms with van der Waals surface area (Å²) < 4.78 is 0. The number of hydrogen-bond acceptors (Lipinski definition) is 1. The maximum absolute atomic E-state index is 6.33. The third kappa shape index (κ3) is 4.38. The van der Waals surface area contributed by atoms with E-state index < -0.39 is 0 Å². The molecule has 1 aliphatic carbocycles. The predicted molar refractivity (Wildman–Crippen MR) is 67.8 cm³/mol. The van der Waals surface area contributed by atoms with Crippen LogP contribution >= 0.6 is 0 Å². The SMILES string of the molecule is CCCC(C)C(N)C1=CCCCCCC1. The zero-order chi connectivity index (χ0) is 11.1. The minimum Gasteiger partial charge on any atom is -0.324 e. The van der Waals surface area contributed by atoms with E-state index in [1.807, 2.05) is 0 Å². The van der Waals surface area contributed by atoms with Crippen LogP contribution in [-0.4, -0.2) is 6.04 Å². The van der Waals surface area contributed by atoms with Crippen LogP contribution in [-0.2, 0) is 0 Å². The van der Waals surface area contributed by atoms with Crippen molar-refractivity contribution < 1.29 is 0 Å². The molecule has 0 radical (unpaired) electrons. The predicted octanol–water partition coefficient (Wildman–Crippen LogP) is 4.03. The Balaban J connectivity index is 2.50. The van der Waals surface area contributed by atoms with E-state index in [1.54, 1.807) is 0 Å². The highest BCUT2D eigenvalue weighted by Gasteiger charge is 2.16. The van der Waals surface area contributed by atoms with E-state index in [0.29, 0.717) is 12.0 Å². The van der Waals surface area contributed by atoms with Crippen molar-refractivity contribution in [2.24, 2.45) is 11.7 Å². The Labute approximate surface area is 95.1 Å². The van der Waals surface area contributed by atoms with Crippen molar-refractivity contribution >= 4 is 0 Å². The first-order valence-electron chi connectivity index (χ1n) is 6.70. The van der Waals surface area contributed by atoms with E-state index in [0.717, 1.165) is 0 Å². The maximum Gasteiger partial charge on any atom is 0.0279 e. The molecule has 0 saturated heterocycles. The van der Waals surface area contributed by atoms with Crippen molar-refractivity contribution in [3.63, 3.8) is 0 Å². The minimum atomic E-state index is 0.322. The van der Waals surface area contributed by atoms with Crippen LogP contribution in [0.15, 0.2) is 11.6 Å². The summed E-state index contributed by atoms with van der Waals surface area (Å²) in [7, 11) is 0. The van der Waals surface area contributed by atoms with E-state index in [2.05, 4.69) is 19.9 Å². The second-order valence-electron chi connectivity index (χ2n) is 5.02. The average Bonchev–Trinajstić information content (AvgIpc) is 2.16. The first kappa shape index (κ1) is 12.8. The third-order valence-corrected chi connectivity index (χ3v) is 3.61. The molecule has 1 rings (SSSR count). The molecule has 1 nitrogen and oxygen atoms in total. The van der Waals surface area contributed by atoms with Crippen LogP contribution in [0.5, 0.6) is 0 Å². The maximum atomic E-state index is 6.33. The molecule has 2 N–H and O–H groups in total. The molecule has 0 amide bonds. The standard InChI is InChI=1S/C14H27N/c1-3-9-12(2)14(15)13-10-7-5-4-6-8-11-13/h10,12,14H,3-9,11,15H2,1-2H3. The van der Waals surface area contributed by atoms with Crippen molar-refractivity contribution in [3.8, 4) is 0 Å². The topological polar surface area (TPSA) is 26.0 Å². The van der Waals surface area contributed by atoms with Gasteiger partial charge in [0.25, 0.3) is 0 Å². The first-order chi connectivity index (χ1) is 7.25. The van der Waals surface area contributed by atoms with Crippen molar-refractivity contribution in [3.05, 3.63) is 11.6 Å². The van der Waals surface area contributed by atoms with Crippen LogP contribution in [0.2, 0.25) is 0 Å². The third-order valence-electron chi connectivity index (χ3n) is 3.61. The zero-order valence-corrected chi connectivity index (χ0v) is 10.5. The molecule has 0 fully saturated rings. The summed E-state index contributed by atoms with van der Waals surface area (Å²) in [6, 6.07) is 0.322. The molecule has 0 spiro atoms. The van der Waals surface area contributed by atoms with E-state index in [1.165, 1.54) is 56.9 Å². The average molecular weight is 209 g/mol. The molecule has 88 valence electrons. The molecular formula is C14H27N. The summed E-state index contributed by atoms with van der Waals surface area (Å²) in [5.41, 5.74) is 7.87. The summed E-state index contributed by atoms with van der Waals surface area (Å²) in [5.74, 6) is 0.653. The second kappa shape index (κ2) is 7.05. The monoisotopic (exact) mass is 209 g/mol. The second-order valence-corrected chi connectivity index (χ2v) is 5.02. The van der Waals surface area contributed by atoms with Gasteiger partial charge in [-0.25, -0.2) is 0 Å². The molecule has 0 aliphatic heterocycles. The normalized spacial score (nSPS) is 22.5. The largest absolute Gasteiger partial charge is 0.324 e. The van der Waals surface area contributed by atoms with Gasteiger partial charge >= 0.3 is 0 Å². The molecule has 15 heavy (non-hydrogen) atoms. The zero-order valence-electron chi connectivity index (χ0n) is 10.5. The lowest BCUT2D eigenvalue weighted by Crippen LogP contribution is -2.30. The molecule has 0 aromatic rings. The molecule has 2 unspecified atom stereocenters. The van der Waals surface area contributed by atoms with Crippen LogP contribution in [0, 0.1) is 5.92 Å². The van der Waals surface area contributed by atoms with E-state index in [-0.39, 0.29) is 0 Å². The van der Waals surface area contributed by atoms with Gasteiger partial charge in [-0.05, 0) is 38.0 Å². The number of nitrogens with two attached hydrogens (primary N) is 1. The van der Waals surface area contributed by atoms with Crippen molar-refractivity contribution in [1.29, 1.82) is 0 Å². The number of allylic oxidation sites excluding steroid dienone is 1. The number of hydrogen-bond donors (Lipinski definition) is 1. The summed E-state index contributed by atoms with van der Waals surface area (Å²) in [5, 5.41) is 0. The van der Waals surface area contributed by atoms with Crippen LogP contribution in [0.3, 0.4) is 0 Å². The van der Waals surface area contributed by atoms with Crippen LogP contribution in [0.25, 0.3) is 0 Å². The quantitative estimate of drug-likeness (QED) is 0.695. The van der Waals surface area contributed by atoms with E-state index in [4.69, 9.17) is 5.73 Å². The van der Waals surface area contributed by atoms with Gasteiger partial charge in [0.1, 0.15) is 0 Å². The summed E-state index contributed by atoms with van der Waals surface area (Å²) >= 11 is 0. The van der Waals surface area contributed by atoms with Crippen LogP contribution in [0.1, 0.15) is 65.2 Å². The summed E-state index contributed by atoms with van der Waals surface area (Å²) in [6.07, 6.45) is 12.9. The molecule has 0 heterocycles. The van der Waals surface area contributed by atoms with Gasteiger partial charge in [0.05, 0.1) is 0 Å². The van der Waals surface area contributed by atoms with Crippen LogP contribution < -0.4 is 5.73 Å². The van der Waals surface area contributed by atoms with Gasteiger partial charge in [-0.2, -0.15) is 0 Å². The van der Waals surface area contributed by atoms with Gasteiger partial charge in [-0.1, -0.05) is 44.8 Å². The van der Waals surface area contributed by atoms with Gasteiger partial charge in [0.15, 0.2) is 0 Å². The molecule has 0 aromatic heterocycles. The Morgan fingerprint density at radius 1 is 1.27 bits per heavy atom. The van der Waals surface area contributed by atoms with Gasteiger partial charge in [0.2, 0.25) is 0 Å². The lowest BCUT2D eigenvalue weighted by atomic mass is 9.87. The Hall–Kier alpha value is -0.300. The Morgan fingerprint density at radius 3 is 2.73 bits per heavy atom. The van der Waals surface area contributed by atoms with Gasteiger partial charge in [-0.3, -0.25) is 0 Å². The van der Waals surface area contributed by atoms with Crippen molar-refractivity contribution in [2.75, 3.05) is 0 Å².